The van der Waals surface area contributed by atoms with E-state index in [-0.39, 0.29) is 23.3 Å². The summed E-state index contributed by atoms with van der Waals surface area (Å²) in [6, 6.07) is 4.61. The molecule has 114 valence electrons. The zero-order chi connectivity index (χ0) is 15.4. The fourth-order valence-electron chi connectivity index (χ4n) is 2.59. The lowest BCUT2D eigenvalue weighted by Gasteiger charge is -2.34. The molecule has 0 radical (unpaired) electrons. The molecule has 1 aliphatic heterocycles. The topological polar surface area (TPSA) is 114 Å². The van der Waals surface area contributed by atoms with Gasteiger partial charge in [-0.15, -0.1) is 0 Å². The van der Waals surface area contributed by atoms with Crippen LogP contribution in [0.15, 0.2) is 18.2 Å². The molecule has 4 N–H and O–H groups in total. The Balaban J connectivity index is 2.19. The number of nitrogens with one attached hydrogen (secondary N) is 2. The lowest BCUT2D eigenvalue weighted by Crippen LogP contribution is -2.54. The van der Waals surface area contributed by atoms with Crippen LogP contribution in [0.1, 0.15) is 18.9 Å². The number of amides is 1. The van der Waals surface area contributed by atoms with Gasteiger partial charge in [0.25, 0.3) is 5.69 Å². The normalized spacial score (nSPS) is 19.1. The highest BCUT2D eigenvalue weighted by atomic mass is 16.6. The lowest BCUT2D eigenvalue weighted by atomic mass is 10.1. The van der Waals surface area contributed by atoms with Crippen LogP contribution in [0.2, 0.25) is 0 Å². The van der Waals surface area contributed by atoms with Crippen LogP contribution in [0, 0.1) is 10.1 Å². The summed E-state index contributed by atoms with van der Waals surface area (Å²) in [5, 5.41) is 13.7. The van der Waals surface area contributed by atoms with Gasteiger partial charge >= 0.3 is 0 Å². The number of hydrazine groups is 1. The number of hydrogen-bond donors (Lipinski definition) is 3. The number of hydrogen-bond acceptors (Lipinski definition) is 6. The molecule has 8 nitrogen and oxygen atoms in total. The van der Waals surface area contributed by atoms with E-state index < -0.39 is 4.92 Å². The van der Waals surface area contributed by atoms with Gasteiger partial charge in [-0.3, -0.25) is 25.7 Å². The summed E-state index contributed by atoms with van der Waals surface area (Å²) in [5.41, 5.74) is 3.43. The van der Waals surface area contributed by atoms with Crippen LogP contribution < -0.4 is 16.6 Å². The molecule has 1 atom stereocenters. The van der Waals surface area contributed by atoms with Crippen LogP contribution in [-0.2, 0) is 11.3 Å². The fraction of sp³-hybridized carbons (Fsp3) is 0.462. The third kappa shape index (κ3) is 3.29. The molecule has 0 aliphatic carbocycles. The Morgan fingerprint density at radius 3 is 2.95 bits per heavy atom. The number of carbonyl (C=O) groups excluding carboxylic acids is 1. The summed E-state index contributed by atoms with van der Waals surface area (Å²) in [4.78, 5) is 24.3. The molecule has 1 aromatic carbocycles. The molecule has 0 spiro atoms. The average molecular weight is 293 g/mol. The highest BCUT2D eigenvalue weighted by Crippen LogP contribution is 2.25. The Kier molecular flexibility index (Phi) is 4.71. The molecule has 8 heteroatoms. The van der Waals surface area contributed by atoms with Gasteiger partial charge in [-0.2, -0.15) is 0 Å². The van der Waals surface area contributed by atoms with Gasteiger partial charge in [-0.25, -0.2) is 0 Å². The smallest absolute Gasteiger partial charge is 0.293 e. The van der Waals surface area contributed by atoms with E-state index in [1.54, 1.807) is 12.1 Å². The van der Waals surface area contributed by atoms with E-state index in [0.29, 0.717) is 13.1 Å². The first-order valence-electron chi connectivity index (χ1n) is 6.82. The van der Waals surface area contributed by atoms with Crippen molar-refractivity contribution in [1.29, 1.82) is 0 Å². The minimum absolute atomic E-state index is 0.0304. The molecule has 1 unspecified atom stereocenters. The van der Waals surface area contributed by atoms with Crippen molar-refractivity contribution in [2.45, 2.75) is 25.9 Å². The van der Waals surface area contributed by atoms with E-state index in [0.717, 1.165) is 18.5 Å². The average Bonchev–Trinajstić information content (AvgIpc) is 2.47. The van der Waals surface area contributed by atoms with E-state index in [2.05, 4.69) is 15.6 Å². The molecule has 1 amide bonds. The van der Waals surface area contributed by atoms with Gasteiger partial charge in [0.05, 0.1) is 11.0 Å². The molecule has 1 aromatic rings. The summed E-state index contributed by atoms with van der Waals surface area (Å²) >= 11 is 0. The molecule has 0 aromatic heterocycles. The molecular weight excluding hydrogens is 274 g/mol. The fourth-order valence-corrected chi connectivity index (χ4v) is 2.59. The first-order valence-corrected chi connectivity index (χ1v) is 6.82. The molecule has 2 rings (SSSR count). The molecular formula is C13H19N5O3. The molecule has 1 heterocycles. The number of nitro benzene ring substituents is 1. The molecule has 0 saturated carbocycles. The van der Waals surface area contributed by atoms with Crippen LogP contribution in [0.5, 0.6) is 0 Å². The van der Waals surface area contributed by atoms with Crippen LogP contribution in [0.3, 0.4) is 0 Å². The molecule has 1 aliphatic rings. The summed E-state index contributed by atoms with van der Waals surface area (Å²) in [6.07, 6.45) is 0.723. The summed E-state index contributed by atoms with van der Waals surface area (Å²) < 4.78 is 0. The van der Waals surface area contributed by atoms with Crippen LogP contribution in [0.25, 0.3) is 0 Å². The zero-order valence-electron chi connectivity index (χ0n) is 11.8. The Labute approximate surface area is 122 Å². The van der Waals surface area contributed by atoms with Crippen molar-refractivity contribution in [3.05, 3.63) is 33.9 Å². The number of anilines is 1. The number of nitrogens with zero attached hydrogens (tertiary/aromatic N) is 2. The maximum atomic E-state index is 11.8. The maximum Gasteiger partial charge on any atom is 0.293 e. The van der Waals surface area contributed by atoms with Crippen LogP contribution in [0.4, 0.5) is 11.4 Å². The van der Waals surface area contributed by atoms with Crippen molar-refractivity contribution < 1.29 is 9.72 Å². The Bertz CT molecular complexity index is 549. The highest BCUT2D eigenvalue weighted by molar-refractivity contribution is 5.82. The van der Waals surface area contributed by atoms with Crippen LogP contribution >= 0.6 is 0 Å². The highest BCUT2D eigenvalue weighted by Gasteiger charge is 2.28. The minimum Gasteiger partial charge on any atom is -0.353 e. The van der Waals surface area contributed by atoms with Crippen molar-refractivity contribution in [1.82, 2.24) is 10.2 Å². The number of nitrogen functional groups attached to an aromatic ring is 1. The third-order valence-corrected chi connectivity index (χ3v) is 3.63. The van der Waals surface area contributed by atoms with Gasteiger partial charge in [0, 0.05) is 25.7 Å². The first kappa shape index (κ1) is 15.2. The predicted molar refractivity (Wildman–Crippen MR) is 78.4 cm³/mol. The number of nitrogens with two attached hydrogens (primary N) is 1. The largest absolute Gasteiger partial charge is 0.353 e. The Morgan fingerprint density at radius 1 is 1.57 bits per heavy atom. The van der Waals surface area contributed by atoms with Gasteiger partial charge < -0.3 is 10.7 Å². The van der Waals surface area contributed by atoms with E-state index >= 15 is 0 Å². The zero-order valence-corrected chi connectivity index (χ0v) is 11.8. The van der Waals surface area contributed by atoms with E-state index in [4.69, 9.17) is 5.84 Å². The SMILES string of the molecule is CCC1C(=O)NCCN1Cc1ccc([N+](=O)[O-])c(NN)c1. The van der Waals surface area contributed by atoms with E-state index in [1.807, 2.05) is 6.92 Å². The number of carbonyl (C=O) groups is 1. The minimum atomic E-state index is -0.484. The summed E-state index contributed by atoms with van der Waals surface area (Å²) in [5.74, 6) is 5.36. The van der Waals surface area contributed by atoms with Gasteiger partial charge in [-0.1, -0.05) is 13.0 Å². The first-order chi connectivity index (χ1) is 10.1. The van der Waals surface area contributed by atoms with Crippen molar-refractivity contribution in [2.24, 2.45) is 5.84 Å². The summed E-state index contributed by atoms with van der Waals surface area (Å²) in [6.45, 7) is 3.89. The van der Waals surface area contributed by atoms with Gasteiger partial charge in [0.15, 0.2) is 0 Å². The van der Waals surface area contributed by atoms with Crippen molar-refractivity contribution in [3.63, 3.8) is 0 Å². The number of rotatable bonds is 5. The second kappa shape index (κ2) is 6.51. The Morgan fingerprint density at radius 2 is 2.33 bits per heavy atom. The van der Waals surface area contributed by atoms with Crippen molar-refractivity contribution in [3.8, 4) is 0 Å². The maximum absolute atomic E-state index is 11.8. The second-order valence-electron chi connectivity index (χ2n) is 4.94. The van der Waals surface area contributed by atoms with Crippen LogP contribution in [-0.4, -0.2) is 34.9 Å². The second-order valence-corrected chi connectivity index (χ2v) is 4.94. The number of nitro groups is 1. The molecule has 21 heavy (non-hydrogen) atoms. The number of benzene rings is 1. The standard InChI is InChI=1S/C13H19N5O3/c1-2-11-13(19)15-5-6-17(11)8-9-3-4-12(18(20)21)10(7-9)16-14/h3-4,7,11,16H,2,5-6,8,14H2,1H3,(H,15,19). The number of piperazine rings is 1. The van der Waals surface area contributed by atoms with Gasteiger partial charge in [0.2, 0.25) is 5.91 Å². The van der Waals surface area contributed by atoms with E-state index in [9.17, 15) is 14.9 Å². The lowest BCUT2D eigenvalue weighted by molar-refractivity contribution is -0.384. The van der Waals surface area contributed by atoms with E-state index in [1.165, 1.54) is 6.07 Å². The van der Waals surface area contributed by atoms with Gasteiger partial charge in [0.1, 0.15) is 5.69 Å². The van der Waals surface area contributed by atoms with Crippen molar-refractivity contribution >= 4 is 17.3 Å². The Hall–Kier alpha value is -2.19. The summed E-state index contributed by atoms with van der Waals surface area (Å²) in [7, 11) is 0. The monoisotopic (exact) mass is 293 g/mol. The molecule has 1 saturated heterocycles. The molecule has 0 bridgehead atoms. The predicted octanol–water partition coefficient (Wildman–Crippen LogP) is 0.591. The van der Waals surface area contributed by atoms with Gasteiger partial charge in [-0.05, 0) is 18.1 Å². The van der Waals surface area contributed by atoms with Crippen molar-refractivity contribution in [2.75, 3.05) is 18.5 Å². The quantitative estimate of drug-likeness (QED) is 0.416. The third-order valence-electron chi connectivity index (χ3n) is 3.63. The molecule has 1 fully saturated rings.